The van der Waals surface area contributed by atoms with E-state index >= 15 is 0 Å². The summed E-state index contributed by atoms with van der Waals surface area (Å²) in [6.45, 7) is 1.07. The van der Waals surface area contributed by atoms with E-state index in [1.807, 2.05) is 6.07 Å². The number of carbonyl (C=O) groups is 3. The van der Waals surface area contributed by atoms with Crippen molar-refractivity contribution in [1.82, 2.24) is 20.4 Å². The van der Waals surface area contributed by atoms with E-state index in [0.29, 0.717) is 5.39 Å². The van der Waals surface area contributed by atoms with Gasteiger partial charge in [0.2, 0.25) is 5.91 Å². The fourth-order valence-electron chi connectivity index (χ4n) is 2.07. The van der Waals surface area contributed by atoms with Crippen LogP contribution in [-0.2, 0) is 9.59 Å². The van der Waals surface area contributed by atoms with Crippen molar-refractivity contribution in [3.8, 4) is 0 Å². The largest absolute Gasteiger partial charge is 0.480 e. The molecule has 0 radical (unpaired) electrons. The van der Waals surface area contributed by atoms with Crippen molar-refractivity contribution in [1.29, 1.82) is 0 Å². The first-order chi connectivity index (χ1) is 10.4. The predicted molar refractivity (Wildman–Crippen MR) is 78.3 cm³/mol. The number of carbonyl (C=O) groups excluding carboxylic acids is 2. The highest BCUT2D eigenvalue weighted by molar-refractivity contribution is 6.06. The Morgan fingerprint density at radius 2 is 2.05 bits per heavy atom. The monoisotopic (exact) mass is 304 g/mol. The van der Waals surface area contributed by atoms with E-state index in [2.05, 4.69) is 15.5 Å². The van der Waals surface area contributed by atoms with Crippen molar-refractivity contribution < 1.29 is 19.5 Å². The van der Waals surface area contributed by atoms with E-state index in [0.717, 1.165) is 10.4 Å². The summed E-state index contributed by atoms with van der Waals surface area (Å²) in [5.41, 5.74) is 0.908. The smallest absolute Gasteiger partial charge is 0.323 e. The Balaban J connectivity index is 2.08. The summed E-state index contributed by atoms with van der Waals surface area (Å²) in [6, 6.07) is 6.27. The van der Waals surface area contributed by atoms with Crippen LogP contribution in [0.1, 0.15) is 17.4 Å². The Hall–Kier alpha value is -2.90. The molecule has 0 fully saturated rings. The molecule has 1 unspecified atom stereocenters. The highest BCUT2D eigenvalue weighted by Crippen LogP contribution is 2.14. The number of nitrogens with zero attached hydrogens (tertiary/aromatic N) is 2. The van der Waals surface area contributed by atoms with Gasteiger partial charge in [0.25, 0.3) is 5.91 Å². The third-order valence-corrected chi connectivity index (χ3v) is 3.15. The third kappa shape index (κ3) is 3.22. The topological polar surface area (TPSA) is 115 Å². The maximum absolute atomic E-state index is 12.2. The number of aromatic nitrogens is 2. The van der Waals surface area contributed by atoms with Gasteiger partial charge >= 0.3 is 5.97 Å². The molecule has 8 heteroatoms. The van der Waals surface area contributed by atoms with Crippen LogP contribution in [0.15, 0.2) is 24.3 Å². The molecule has 8 nitrogen and oxygen atoms in total. The van der Waals surface area contributed by atoms with Crippen LogP contribution in [0, 0.1) is 0 Å². The average Bonchev–Trinajstić information content (AvgIpc) is 2.89. The summed E-state index contributed by atoms with van der Waals surface area (Å²) in [5.74, 6) is -2.11. The number of hydrogen-bond acceptors (Lipinski definition) is 4. The van der Waals surface area contributed by atoms with Crippen molar-refractivity contribution in [2.75, 3.05) is 13.6 Å². The molecule has 0 aliphatic rings. The van der Waals surface area contributed by atoms with Gasteiger partial charge in [-0.05, 0) is 13.0 Å². The summed E-state index contributed by atoms with van der Waals surface area (Å²) < 4.78 is 0. The lowest BCUT2D eigenvalue weighted by Gasteiger charge is -2.20. The van der Waals surface area contributed by atoms with E-state index in [4.69, 9.17) is 5.11 Å². The van der Waals surface area contributed by atoms with Gasteiger partial charge in [0, 0.05) is 12.4 Å². The van der Waals surface area contributed by atoms with E-state index in [1.54, 1.807) is 18.2 Å². The van der Waals surface area contributed by atoms with Crippen LogP contribution in [-0.4, -0.2) is 57.6 Å². The molecule has 0 aliphatic heterocycles. The maximum atomic E-state index is 12.2. The van der Waals surface area contributed by atoms with E-state index in [-0.39, 0.29) is 5.69 Å². The lowest BCUT2D eigenvalue weighted by Crippen LogP contribution is -2.47. The molecule has 0 bridgehead atoms. The summed E-state index contributed by atoms with van der Waals surface area (Å²) >= 11 is 0. The van der Waals surface area contributed by atoms with Crippen LogP contribution in [0.4, 0.5) is 0 Å². The number of benzene rings is 1. The second-order valence-electron chi connectivity index (χ2n) is 4.90. The van der Waals surface area contributed by atoms with Gasteiger partial charge in [-0.25, -0.2) is 0 Å². The van der Waals surface area contributed by atoms with Crippen LogP contribution < -0.4 is 5.32 Å². The molecule has 2 aromatic rings. The molecule has 2 rings (SSSR count). The summed E-state index contributed by atoms with van der Waals surface area (Å²) in [6.07, 6.45) is 0. The van der Waals surface area contributed by atoms with Gasteiger partial charge in [-0.2, -0.15) is 5.10 Å². The van der Waals surface area contributed by atoms with Crippen LogP contribution >= 0.6 is 0 Å². The Morgan fingerprint density at radius 3 is 2.73 bits per heavy atom. The fraction of sp³-hybridized carbons (Fsp3) is 0.286. The zero-order valence-corrected chi connectivity index (χ0v) is 12.2. The number of hydrogen-bond donors (Lipinski definition) is 3. The number of rotatable bonds is 5. The minimum Gasteiger partial charge on any atom is -0.480 e. The molecule has 22 heavy (non-hydrogen) atoms. The molecule has 2 amide bonds. The van der Waals surface area contributed by atoms with E-state index < -0.39 is 30.4 Å². The van der Waals surface area contributed by atoms with Crippen LogP contribution in [0.25, 0.3) is 10.9 Å². The second-order valence-corrected chi connectivity index (χ2v) is 4.90. The normalized spacial score (nSPS) is 11.9. The first kappa shape index (κ1) is 15.5. The SMILES string of the molecule is CC(NC(=O)c1n[nH]c2ccccc12)C(=O)N(C)CC(=O)O. The number of likely N-dealkylation sites (N-methyl/N-ethyl adjacent to an activating group) is 1. The zero-order valence-electron chi connectivity index (χ0n) is 12.2. The van der Waals surface area contributed by atoms with Gasteiger partial charge < -0.3 is 15.3 Å². The number of nitrogens with one attached hydrogen (secondary N) is 2. The van der Waals surface area contributed by atoms with Gasteiger partial charge in [0.15, 0.2) is 5.69 Å². The Morgan fingerprint density at radius 1 is 1.36 bits per heavy atom. The molecular formula is C14H16N4O4. The molecule has 0 saturated heterocycles. The number of amides is 2. The lowest BCUT2D eigenvalue weighted by atomic mass is 10.2. The maximum Gasteiger partial charge on any atom is 0.323 e. The lowest BCUT2D eigenvalue weighted by molar-refractivity contribution is -0.144. The third-order valence-electron chi connectivity index (χ3n) is 3.15. The number of para-hydroxylation sites is 1. The van der Waals surface area contributed by atoms with Crippen molar-refractivity contribution in [2.24, 2.45) is 0 Å². The molecule has 0 saturated carbocycles. The number of aliphatic carboxylic acids is 1. The summed E-state index contributed by atoms with van der Waals surface area (Å²) in [5, 5.41) is 18.5. The highest BCUT2D eigenvalue weighted by atomic mass is 16.4. The number of aromatic amines is 1. The molecule has 116 valence electrons. The van der Waals surface area contributed by atoms with Crippen LogP contribution in [0.2, 0.25) is 0 Å². The summed E-state index contributed by atoms with van der Waals surface area (Å²) in [7, 11) is 1.36. The molecule has 1 aromatic heterocycles. The molecule has 1 aromatic carbocycles. The van der Waals surface area contributed by atoms with E-state index in [9.17, 15) is 14.4 Å². The number of carboxylic acids is 1. The number of fused-ring (bicyclic) bond motifs is 1. The van der Waals surface area contributed by atoms with Gasteiger partial charge in [-0.1, -0.05) is 18.2 Å². The Labute approximate surface area is 126 Å². The Kier molecular flexibility index (Phi) is 4.40. The molecule has 1 atom stereocenters. The Bertz CT molecular complexity index is 724. The van der Waals surface area contributed by atoms with Gasteiger partial charge in [-0.15, -0.1) is 0 Å². The van der Waals surface area contributed by atoms with Crippen molar-refractivity contribution >= 4 is 28.7 Å². The first-order valence-electron chi connectivity index (χ1n) is 6.61. The van der Waals surface area contributed by atoms with Crippen LogP contribution in [0.5, 0.6) is 0 Å². The van der Waals surface area contributed by atoms with Crippen LogP contribution in [0.3, 0.4) is 0 Å². The molecule has 0 spiro atoms. The molecular weight excluding hydrogens is 288 g/mol. The van der Waals surface area contributed by atoms with E-state index in [1.165, 1.54) is 14.0 Å². The highest BCUT2D eigenvalue weighted by Gasteiger charge is 2.23. The van der Waals surface area contributed by atoms with Gasteiger partial charge in [0.1, 0.15) is 12.6 Å². The van der Waals surface area contributed by atoms with Gasteiger partial charge in [0.05, 0.1) is 5.52 Å². The summed E-state index contributed by atoms with van der Waals surface area (Å²) in [4.78, 5) is 35.8. The minimum atomic E-state index is -1.12. The van der Waals surface area contributed by atoms with Crippen molar-refractivity contribution in [3.63, 3.8) is 0 Å². The minimum absolute atomic E-state index is 0.191. The molecule has 3 N–H and O–H groups in total. The van der Waals surface area contributed by atoms with Crippen molar-refractivity contribution in [3.05, 3.63) is 30.0 Å². The van der Waals surface area contributed by atoms with Crippen molar-refractivity contribution in [2.45, 2.75) is 13.0 Å². The first-order valence-corrected chi connectivity index (χ1v) is 6.61. The molecule has 0 aliphatic carbocycles. The fourth-order valence-corrected chi connectivity index (χ4v) is 2.07. The predicted octanol–water partition coefficient (Wildman–Crippen LogP) is 0.224. The number of carboxylic acid groups (broad SMARTS) is 1. The number of H-pyrrole nitrogens is 1. The molecule has 1 heterocycles. The quantitative estimate of drug-likeness (QED) is 0.731. The van der Waals surface area contributed by atoms with Gasteiger partial charge in [-0.3, -0.25) is 19.5 Å². The standard InChI is InChI=1S/C14H16N4O4/c1-8(14(22)18(2)7-11(19)20)15-13(21)12-9-5-3-4-6-10(9)16-17-12/h3-6,8H,7H2,1-2H3,(H,15,21)(H,16,17)(H,19,20). The zero-order chi connectivity index (χ0) is 16.3. The second kappa shape index (κ2) is 6.25. The average molecular weight is 304 g/mol.